The first kappa shape index (κ1) is 28.3. The first-order chi connectivity index (χ1) is 19.3. The third-order valence-corrected chi connectivity index (χ3v) is 8.45. The van der Waals surface area contributed by atoms with Gasteiger partial charge in [0.15, 0.2) is 11.4 Å². The van der Waals surface area contributed by atoms with Gasteiger partial charge >= 0.3 is 0 Å². The maximum absolute atomic E-state index is 13.9. The number of allylic oxidation sites excluding steroid dienone is 1. The second-order valence-corrected chi connectivity index (χ2v) is 11.0. The maximum atomic E-state index is 13.9. The second-order valence-electron chi connectivity index (χ2n) is 10.7. The molecule has 0 heterocycles. The number of amides is 2. The van der Waals surface area contributed by atoms with Crippen molar-refractivity contribution in [2.24, 2.45) is 17.6 Å². The van der Waals surface area contributed by atoms with Crippen molar-refractivity contribution in [2.45, 2.75) is 24.5 Å². The van der Waals surface area contributed by atoms with Crippen molar-refractivity contribution in [2.75, 3.05) is 25.3 Å². The molecule has 0 saturated carbocycles. The molecule has 0 unspecified atom stereocenters. The smallest absolute Gasteiger partial charge is 0.255 e. The van der Waals surface area contributed by atoms with E-state index < -0.39 is 58.0 Å². The molecule has 0 fully saturated rings. The first-order valence-corrected chi connectivity index (χ1v) is 13.3. The Balaban J connectivity index is 1.64. The van der Waals surface area contributed by atoms with E-state index in [0.717, 1.165) is 0 Å². The van der Waals surface area contributed by atoms with E-state index in [1.165, 1.54) is 11.0 Å². The average molecular weight is 582 g/mol. The van der Waals surface area contributed by atoms with E-state index in [0.29, 0.717) is 22.4 Å². The molecule has 2 amide bonds. The van der Waals surface area contributed by atoms with Crippen molar-refractivity contribution in [3.05, 3.63) is 70.2 Å². The lowest BCUT2D eigenvalue weighted by molar-refractivity contribution is -0.148. The molecule has 0 aliphatic heterocycles. The Morgan fingerprint density at radius 2 is 1.76 bits per heavy atom. The number of phenols is 1. The Bertz CT molecular complexity index is 1580. The van der Waals surface area contributed by atoms with Crippen LogP contribution in [0, 0.1) is 11.8 Å². The summed E-state index contributed by atoms with van der Waals surface area (Å²) in [5.74, 6) is -7.58. The van der Waals surface area contributed by atoms with Crippen LogP contribution >= 0.6 is 11.6 Å². The number of alkyl halides is 1. The van der Waals surface area contributed by atoms with E-state index in [1.54, 1.807) is 44.4 Å². The number of halogens is 1. The molecule has 3 aliphatic carbocycles. The highest BCUT2D eigenvalue weighted by molar-refractivity contribution is 6.29. The highest BCUT2D eigenvalue weighted by Crippen LogP contribution is 2.53. The number of carbonyl (C=O) groups is 4. The van der Waals surface area contributed by atoms with Crippen LogP contribution in [0.3, 0.4) is 0 Å². The van der Waals surface area contributed by atoms with Gasteiger partial charge in [-0.1, -0.05) is 18.2 Å². The molecule has 0 bridgehead atoms. The average Bonchev–Trinajstić information content (AvgIpc) is 2.91. The fourth-order valence-corrected chi connectivity index (χ4v) is 6.52. The topological polar surface area (TPSA) is 190 Å². The SMILES string of the molecule is CN(C)[C@H]1C(O)=C(C(N)=O)C(=O)[C@]2(O)C(O)=C3C(=O)c4c(O)ccc(-c5ccc(NC(=O)CCl)cc5)c4C[C@@H]3C[C@H]12. The molecule has 11 nitrogen and oxygen atoms in total. The number of nitrogens with one attached hydrogen (secondary N) is 1. The van der Waals surface area contributed by atoms with Gasteiger partial charge in [-0.25, -0.2) is 0 Å². The number of phenolic OH excluding ortho intramolecular Hbond substituents is 1. The van der Waals surface area contributed by atoms with Gasteiger partial charge < -0.3 is 31.5 Å². The normalized spacial score (nSPS) is 25.5. The Hall–Kier alpha value is -4.19. The minimum Gasteiger partial charge on any atom is -0.510 e. The third kappa shape index (κ3) is 4.19. The number of rotatable bonds is 5. The summed E-state index contributed by atoms with van der Waals surface area (Å²) in [6, 6.07) is 8.73. The van der Waals surface area contributed by atoms with Crippen LogP contribution in [0.5, 0.6) is 5.75 Å². The lowest BCUT2D eigenvalue weighted by atomic mass is 9.58. The Morgan fingerprint density at radius 1 is 1.10 bits per heavy atom. The third-order valence-electron chi connectivity index (χ3n) is 8.21. The number of nitrogens with two attached hydrogens (primary N) is 1. The Kier molecular flexibility index (Phi) is 6.93. The van der Waals surface area contributed by atoms with Crippen LogP contribution in [0.25, 0.3) is 11.1 Å². The molecule has 12 heteroatoms. The number of aromatic hydroxyl groups is 1. The number of hydrogen-bond donors (Lipinski definition) is 6. The molecule has 4 atom stereocenters. The van der Waals surface area contributed by atoms with Gasteiger partial charge in [0.25, 0.3) is 5.91 Å². The Morgan fingerprint density at radius 3 is 2.34 bits per heavy atom. The standard InChI is InChI=1S/C29H28ClN3O8/c1-33(2)23-17-10-13-9-16-15(12-3-5-14(6-4-12)32-19(35)11-30)7-8-18(34)21(16)24(36)20(13)26(38)29(17,41)27(39)22(25(23)37)28(31)40/h3-8,13,17,23,34,37-38,41H,9-11H2,1-2H3,(H2,31,40)(H,32,35)/t13-,17-,23-,29-/m1/s1. The van der Waals surface area contributed by atoms with Gasteiger partial charge in [-0.2, -0.15) is 0 Å². The lowest BCUT2D eigenvalue weighted by Crippen LogP contribution is -2.63. The zero-order valence-electron chi connectivity index (χ0n) is 22.1. The summed E-state index contributed by atoms with van der Waals surface area (Å²) >= 11 is 5.55. The van der Waals surface area contributed by atoms with Crippen molar-refractivity contribution in [3.8, 4) is 16.9 Å². The van der Waals surface area contributed by atoms with E-state index in [1.807, 2.05) is 0 Å². The summed E-state index contributed by atoms with van der Waals surface area (Å²) in [5, 5.41) is 47.4. The van der Waals surface area contributed by atoms with E-state index in [2.05, 4.69) is 5.32 Å². The number of likely N-dealkylation sites (N-methyl/N-ethyl adjacent to an activating group) is 1. The quantitative estimate of drug-likeness (QED) is 0.226. The zero-order valence-corrected chi connectivity index (χ0v) is 22.9. The zero-order chi connectivity index (χ0) is 30.0. The molecule has 0 aromatic heterocycles. The van der Waals surface area contributed by atoms with Gasteiger partial charge in [-0.3, -0.25) is 24.1 Å². The van der Waals surface area contributed by atoms with Gasteiger partial charge in [0, 0.05) is 17.2 Å². The molecule has 2 aromatic rings. The summed E-state index contributed by atoms with van der Waals surface area (Å²) in [6.07, 6.45) is 0.146. The van der Waals surface area contributed by atoms with Crippen molar-refractivity contribution in [1.29, 1.82) is 0 Å². The molecular weight excluding hydrogens is 554 g/mol. The van der Waals surface area contributed by atoms with Crippen LogP contribution in [0.15, 0.2) is 59.1 Å². The summed E-state index contributed by atoms with van der Waals surface area (Å²) in [5.41, 5.74) is 3.84. The van der Waals surface area contributed by atoms with E-state index in [4.69, 9.17) is 17.3 Å². The van der Waals surface area contributed by atoms with Crippen LogP contribution in [-0.2, 0) is 20.8 Å². The number of aliphatic hydroxyl groups is 3. The summed E-state index contributed by atoms with van der Waals surface area (Å²) in [4.78, 5) is 52.5. The van der Waals surface area contributed by atoms with E-state index >= 15 is 0 Å². The van der Waals surface area contributed by atoms with Gasteiger partial charge in [0.2, 0.25) is 11.7 Å². The van der Waals surface area contributed by atoms with E-state index in [-0.39, 0.29) is 41.5 Å². The monoisotopic (exact) mass is 581 g/mol. The van der Waals surface area contributed by atoms with Gasteiger partial charge in [0.1, 0.15) is 28.7 Å². The minimum absolute atomic E-state index is 0.00967. The van der Waals surface area contributed by atoms with Gasteiger partial charge in [-0.15, -0.1) is 11.6 Å². The van der Waals surface area contributed by atoms with Gasteiger partial charge in [-0.05, 0) is 67.7 Å². The minimum atomic E-state index is -2.69. The van der Waals surface area contributed by atoms with Crippen molar-refractivity contribution in [1.82, 2.24) is 4.90 Å². The van der Waals surface area contributed by atoms with Gasteiger partial charge in [0.05, 0.1) is 11.6 Å². The molecule has 3 aliphatic rings. The number of primary amides is 1. The molecule has 7 N–H and O–H groups in total. The number of benzene rings is 2. The maximum Gasteiger partial charge on any atom is 0.255 e. The van der Waals surface area contributed by atoms with Crippen LogP contribution in [0.2, 0.25) is 0 Å². The number of aliphatic hydroxyl groups excluding tert-OH is 2. The van der Waals surface area contributed by atoms with Crippen molar-refractivity contribution >= 4 is 40.7 Å². The number of nitrogens with zero attached hydrogens (tertiary/aromatic N) is 1. The molecule has 0 spiro atoms. The highest BCUT2D eigenvalue weighted by Gasteiger charge is 2.63. The highest BCUT2D eigenvalue weighted by atomic mass is 35.5. The summed E-state index contributed by atoms with van der Waals surface area (Å²) < 4.78 is 0. The second kappa shape index (κ2) is 10.0. The van der Waals surface area contributed by atoms with Crippen molar-refractivity contribution in [3.63, 3.8) is 0 Å². The number of anilines is 1. The number of carbonyl (C=O) groups excluding carboxylic acids is 4. The molecule has 41 heavy (non-hydrogen) atoms. The largest absolute Gasteiger partial charge is 0.510 e. The number of fused-ring (bicyclic) bond motifs is 3. The summed E-state index contributed by atoms with van der Waals surface area (Å²) in [6.45, 7) is 0. The predicted molar refractivity (Wildman–Crippen MR) is 148 cm³/mol. The fraction of sp³-hybridized carbons (Fsp3) is 0.310. The molecular formula is C29H28ClN3O8. The Labute approximate surface area is 239 Å². The molecule has 2 aromatic carbocycles. The fourth-order valence-electron chi connectivity index (χ4n) is 6.45. The lowest BCUT2D eigenvalue weighted by Gasteiger charge is -2.50. The van der Waals surface area contributed by atoms with Crippen LogP contribution in [-0.4, -0.2) is 80.3 Å². The molecule has 0 saturated heterocycles. The number of hydrogen-bond acceptors (Lipinski definition) is 9. The molecule has 0 radical (unpaired) electrons. The van der Waals surface area contributed by atoms with E-state index in [9.17, 15) is 39.6 Å². The molecule has 214 valence electrons. The van der Waals surface area contributed by atoms with Crippen LogP contribution in [0.4, 0.5) is 5.69 Å². The van der Waals surface area contributed by atoms with Crippen LogP contribution in [0.1, 0.15) is 22.3 Å². The van der Waals surface area contributed by atoms with Crippen molar-refractivity contribution < 1.29 is 39.6 Å². The molecule has 5 rings (SSSR count). The van der Waals surface area contributed by atoms with Crippen LogP contribution < -0.4 is 11.1 Å². The predicted octanol–water partition coefficient (Wildman–Crippen LogP) is 1.96. The summed E-state index contributed by atoms with van der Waals surface area (Å²) in [7, 11) is 3.14. The number of Topliss-reactive ketones (excluding diaryl/α,β-unsaturated/α-hetero) is 2. The number of ketones is 2. The first-order valence-electron chi connectivity index (χ1n) is 12.8.